The standard InChI is InChI=1S/C13H16ClF3/c1-2-3-4-12(14)9-10-5-7-11(8-6-10)13(15,16)17/h5-8,12H,2-4,9H2,1H3. The van der Waals surface area contributed by atoms with Gasteiger partial charge in [-0.05, 0) is 30.5 Å². The first-order valence-corrected chi connectivity index (χ1v) is 6.17. The molecule has 0 bridgehead atoms. The van der Waals surface area contributed by atoms with Crippen molar-refractivity contribution in [1.82, 2.24) is 0 Å². The second-order valence-corrected chi connectivity index (χ2v) is 4.76. The van der Waals surface area contributed by atoms with Crippen molar-refractivity contribution in [3.63, 3.8) is 0 Å². The lowest BCUT2D eigenvalue weighted by molar-refractivity contribution is -0.137. The van der Waals surface area contributed by atoms with E-state index in [0.29, 0.717) is 6.42 Å². The van der Waals surface area contributed by atoms with Gasteiger partial charge in [-0.15, -0.1) is 11.6 Å². The number of hydrogen-bond acceptors (Lipinski definition) is 0. The highest BCUT2D eigenvalue weighted by molar-refractivity contribution is 6.20. The Morgan fingerprint density at radius 1 is 1.18 bits per heavy atom. The third kappa shape index (κ3) is 4.99. The van der Waals surface area contributed by atoms with Crippen LogP contribution in [-0.4, -0.2) is 5.38 Å². The Morgan fingerprint density at radius 2 is 1.76 bits per heavy atom. The summed E-state index contributed by atoms with van der Waals surface area (Å²) in [6.07, 6.45) is -0.606. The molecule has 1 aromatic carbocycles. The molecule has 0 heterocycles. The van der Waals surface area contributed by atoms with Crippen molar-refractivity contribution in [2.24, 2.45) is 0 Å². The van der Waals surface area contributed by atoms with Gasteiger partial charge in [0.15, 0.2) is 0 Å². The lowest BCUT2D eigenvalue weighted by atomic mass is 10.0. The maximum Gasteiger partial charge on any atom is 0.416 e. The highest BCUT2D eigenvalue weighted by atomic mass is 35.5. The van der Waals surface area contributed by atoms with E-state index < -0.39 is 11.7 Å². The topological polar surface area (TPSA) is 0 Å². The van der Waals surface area contributed by atoms with E-state index in [-0.39, 0.29) is 5.38 Å². The van der Waals surface area contributed by atoms with Crippen molar-refractivity contribution >= 4 is 11.6 Å². The summed E-state index contributed by atoms with van der Waals surface area (Å²) in [7, 11) is 0. The van der Waals surface area contributed by atoms with Gasteiger partial charge >= 0.3 is 6.18 Å². The van der Waals surface area contributed by atoms with Crippen LogP contribution in [0.3, 0.4) is 0 Å². The Labute approximate surface area is 105 Å². The molecule has 1 unspecified atom stereocenters. The molecule has 0 saturated carbocycles. The fourth-order valence-electron chi connectivity index (χ4n) is 1.61. The van der Waals surface area contributed by atoms with Crippen LogP contribution in [0, 0.1) is 0 Å². The molecule has 0 aliphatic heterocycles. The Morgan fingerprint density at radius 3 is 2.24 bits per heavy atom. The average molecular weight is 265 g/mol. The summed E-state index contributed by atoms with van der Waals surface area (Å²) in [6.45, 7) is 2.09. The molecule has 0 N–H and O–H groups in total. The molecule has 0 aliphatic carbocycles. The van der Waals surface area contributed by atoms with Gasteiger partial charge in [-0.25, -0.2) is 0 Å². The maximum atomic E-state index is 12.3. The summed E-state index contributed by atoms with van der Waals surface area (Å²) < 4.78 is 37.0. The number of halogens is 4. The Bertz CT molecular complexity index is 330. The van der Waals surface area contributed by atoms with Crippen molar-refractivity contribution in [2.75, 3.05) is 0 Å². The summed E-state index contributed by atoms with van der Waals surface area (Å²) in [5.41, 5.74) is 0.245. The van der Waals surface area contributed by atoms with Crippen LogP contribution in [0.5, 0.6) is 0 Å². The SMILES string of the molecule is CCCCC(Cl)Cc1ccc(C(F)(F)F)cc1. The summed E-state index contributed by atoms with van der Waals surface area (Å²) in [5.74, 6) is 0. The smallest absolute Gasteiger partial charge is 0.166 e. The minimum absolute atomic E-state index is 0.00619. The molecule has 0 radical (unpaired) electrons. The van der Waals surface area contributed by atoms with Gasteiger partial charge in [0.05, 0.1) is 5.56 Å². The highest BCUT2D eigenvalue weighted by Crippen LogP contribution is 2.29. The number of unbranched alkanes of at least 4 members (excludes halogenated alkanes) is 1. The molecule has 1 aromatic rings. The van der Waals surface area contributed by atoms with E-state index in [1.165, 1.54) is 12.1 Å². The highest BCUT2D eigenvalue weighted by Gasteiger charge is 2.29. The van der Waals surface area contributed by atoms with Gasteiger partial charge in [-0.1, -0.05) is 31.9 Å². The monoisotopic (exact) mass is 264 g/mol. The van der Waals surface area contributed by atoms with E-state index in [9.17, 15) is 13.2 Å². The van der Waals surface area contributed by atoms with E-state index in [4.69, 9.17) is 11.6 Å². The zero-order valence-electron chi connectivity index (χ0n) is 9.73. The fraction of sp³-hybridized carbons (Fsp3) is 0.538. The van der Waals surface area contributed by atoms with Crippen LogP contribution in [0.15, 0.2) is 24.3 Å². The van der Waals surface area contributed by atoms with Crippen molar-refractivity contribution in [3.8, 4) is 0 Å². The molecule has 0 amide bonds. The minimum atomic E-state index is -4.26. The molecule has 0 aromatic heterocycles. The molecular weight excluding hydrogens is 249 g/mol. The van der Waals surface area contributed by atoms with Gasteiger partial charge in [-0.2, -0.15) is 13.2 Å². The minimum Gasteiger partial charge on any atom is -0.166 e. The first-order chi connectivity index (χ1) is 7.93. The van der Waals surface area contributed by atoms with Crippen LogP contribution in [0.2, 0.25) is 0 Å². The van der Waals surface area contributed by atoms with E-state index >= 15 is 0 Å². The number of alkyl halides is 4. The fourth-order valence-corrected chi connectivity index (χ4v) is 1.95. The quantitative estimate of drug-likeness (QED) is 0.653. The van der Waals surface area contributed by atoms with Crippen LogP contribution in [0.25, 0.3) is 0 Å². The van der Waals surface area contributed by atoms with Crippen molar-refractivity contribution in [3.05, 3.63) is 35.4 Å². The van der Waals surface area contributed by atoms with E-state index in [1.54, 1.807) is 0 Å². The third-order valence-electron chi connectivity index (χ3n) is 2.61. The molecule has 1 rings (SSSR count). The summed E-state index contributed by atoms with van der Waals surface area (Å²) in [6, 6.07) is 5.23. The second-order valence-electron chi connectivity index (χ2n) is 4.14. The molecule has 0 aliphatic rings. The van der Waals surface area contributed by atoms with Crippen LogP contribution in [0.1, 0.15) is 37.3 Å². The van der Waals surface area contributed by atoms with Crippen LogP contribution in [0.4, 0.5) is 13.2 Å². The first-order valence-electron chi connectivity index (χ1n) is 5.73. The predicted molar refractivity (Wildman–Crippen MR) is 64.3 cm³/mol. The molecular formula is C13H16ClF3. The summed E-state index contributed by atoms with van der Waals surface area (Å²) >= 11 is 6.10. The lowest BCUT2D eigenvalue weighted by Crippen LogP contribution is -2.06. The molecule has 0 spiro atoms. The molecule has 17 heavy (non-hydrogen) atoms. The van der Waals surface area contributed by atoms with Crippen molar-refractivity contribution in [1.29, 1.82) is 0 Å². The Kier molecular flexibility index (Phi) is 5.31. The molecule has 0 saturated heterocycles. The lowest BCUT2D eigenvalue weighted by Gasteiger charge is -2.10. The van der Waals surface area contributed by atoms with Gasteiger partial charge in [0.25, 0.3) is 0 Å². The van der Waals surface area contributed by atoms with Gasteiger partial charge in [0.2, 0.25) is 0 Å². The van der Waals surface area contributed by atoms with Crippen molar-refractivity contribution < 1.29 is 13.2 Å². The van der Waals surface area contributed by atoms with E-state index in [0.717, 1.165) is 37.0 Å². The summed E-state index contributed by atoms with van der Waals surface area (Å²) in [5, 5.41) is 0.00619. The first kappa shape index (κ1) is 14.4. The van der Waals surface area contributed by atoms with E-state index in [1.807, 2.05) is 0 Å². The van der Waals surface area contributed by atoms with Crippen LogP contribution in [-0.2, 0) is 12.6 Å². The molecule has 0 nitrogen and oxygen atoms in total. The largest absolute Gasteiger partial charge is 0.416 e. The zero-order valence-corrected chi connectivity index (χ0v) is 10.5. The third-order valence-corrected chi connectivity index (χ3v) is 2.98. The van der Waals surface area contributed by atoms with Gasteiger partial charge in [0.1, 0.15) is 0 Å². The molecule has 1 atom stereocenters. The van der Waals surface area contributed by atoms with Crippen molar-refractivity contribution in [2.45, 2.75) is 44.2 Å². The molecule has 96 valence electrons. The average Bonchev–Trinajstić information content (AvgIpc) is 2.26. The Hall–Kier alpha value is -0.700. The van der Waals surface area contributed by atoms with E-state index in [2.05, 4.69) is 6.92 Å². The number of benzene rings is 1. The van der Waals surface area contributed by atoms with Crippen LogP contribution < -0.4 is 0 Å². The zero-order chi connectivity index (χ0) is 12.9. The Balaban J connectivity index is 2.56. The summed E-state index contributed by atoms with van der Waals surface area (Å²) in [4.78, 5) is 0. The van der Waals surface area contributed by atoms with Gasteiger partial charge in [-0.3, -0.25) is 0 Å². The number of hydrogen-bond donors (Lipinski definition) is 0. The van der Waals surface area contributed by atoms with Gasteiger partial charge in [0, 0.05) is 5.38 Å². The normalized spacial score (nSPS) is 13.7. The molecule has 4 heteroatoms. The maximum absolute atomic E-state index is 12.3. The molecule has 0 fully saturated rings. The second kappa shape index (κ2) is 6.29. The van der Waals surface area contributed by atoms with Gasteiger partial charge < -0.3 is 0 Å². The van der Waals surface area contributed by atoms with Crippen LogP contribution >= 0.6 is 11.6 Å². The predicted octanol–water partition coefficient (Wildman–Crippen LogP) is 5.05. The number of rotatable bonds is 5.